The van der Waals surface area contributed by atoms with Gasteiger partial charge in [-0.3, -0.25) is 9.59 Å². The van der Waals surface area contributed by atoms with E-state index in [-0.39, 0.29) is 10.8 Å². The minimum atomic E-state index is -3.66. The smallest absolute Gasteiger partial charge is 0.254 e. The highest BCUT2D eigenvalue weighted by atomic mass is 32.2. The molecule has 0 bridgehead atoms. The number of carbonyl (C=O) groups excluding carboxylic acids is 2. The van der Waals surface area contributed by atoms with Crippen LogP contribution >= 0.6 is 0 Å². The molecule has 0 aromatic heterocycles. The summed E-state index contributed by atoms with van der Waals surface area (Å²) in [4.78, 5) is 27.6. The molecule has 0 aliphatic carbocycles. The monoisotopic (exact) mass is 450 g/mol. The lowest BCUT2D eigenvalue weighted by Crippen LogP contribution is -2.45. The predicted octanol–water partition coefficient (Wildman–Crippen LogP) is 2.11. The third-order valence-corrected chi connectivity index (χ3v) is 7.80. The average molecular weight is 451 g/mol. The molecule has 2 amide bonds. The summed E-state index contributed by atoms with van der Waals surface area (Å²) in [6, 6.07) is 4.10. The van der Waals surface area contributed by atoms with Gasteiger partial charge in [0.15, 0.2) is 0 Å². The Bertz CT molecular complexity index is 891. The standard InChI is InChI=1S/C22H34N4O4S/c1-3-11-23-21(27)17(2)24-22(28)19-16-18(9-10-20(19)25-12-7-8-13-25)31(29,30)26-14-5-4-6-15-26/h9-10,16-17H,3-8,11-15H2,1-2H3,(H,23,27)(H,24,28). The number of nitrogens with zero attached hydrogens (tertiary/aromatic N) is 2. The SMILES string of the molecule is CCCNC(=O)C(C)NC(=O)c1cc(S(=O)(=O)N2CCCCC2)ccc1N1CCCC1. The number of rotatable bonds is 8. The topological polar surface area (TPSA) is 98.8 Å². The molecule has 2 aliphatic heterocycles. The molecule has 9 heteroatoms. The minimum absolute atomic E-state index is 0.130. The van der Waals surface area contributed by atoms with Gasteiger partial charge in [0, 0.05) is 38.4 Å². The van der Waals surface area contributed by atoms with E-state index in [4.69, 9.17) is 0 Å². The van der Waals surface area contributed by atoms with Gasteiger partial charge in [-0.2, -0.15) is 4.31 Å². The zero-order valence-electron chi connectivity index (χ0n) is 18.5. The van der Waals surface area contributed by atoms with Crippen molar-refractivity contribution >= 4 is 27.5 Å². The summed E-state index contributed by atoms with van der Waals surface area (Å²) in [5.74, 6) is -0.688. The van der Waals surface area contributed by atoms with E-state index in [1.165, 1.54) is 10.4 Å². The highest BCUT2D eigenvalue weighted by Crippen LogP contribution is 2.29. The van der Waals surface area contributed by atoms with Gasteiger partial charge in [0.2, 0.25) is 15.9 Å². The fourth-order valence-corrected chi connectivity index (χ4v) is 5.63. The van der Waals surface area contributed by atoms with Gasteiger partial charge < -0.3 is 15.5 Å². The number of amides is 2. The summed E-state index contributed by atoms with van der Waals surface area (Å²) in [7, 11) is -3.66. The molecule has 0 radical (unpaired) electrons. The van der Waals surface area contributed by atoms with Crippen molar-refractivity contribution in [2.75, 3.05) is 37.6 Å². The quantitative estimate of drug-likeness (QED) is 0.632. The Morgan fingerprint density at radius 3 is 2.32 bits per heavy atom. The van der Waals surface area contributed by atoms with Crippen LogP contribution in [0.25, 0.3) is 0 Å². The molecular formula is C22H34N4O4S. The Morgan fingerprint density at radius 1 is 1.03 bits per heavy atom. The van der Waals surface area contributed by atoms with Crippen LogP contribution < -0.4 is 15.5 Å². The fraction of sp³-hybridized carbons (Fsp3) is 0.636. The van der Waals surface area contributed by atoms with Crippen molar-refractivity contribution in [3.05, 3.63) is 23.8 Å². The number of hydrogen-bond donors (Lipinski definition) is 2. The van der Waals surface area contributed by atoms with Gasteiger partial charge in [0.1, 0.15) is 6.04 Å². The number of piperidine rings is 1. The molecule has 2 aliphatic rings. The first-order valence-electron chi connectivity index (χ1n) is 11.3. The third kappa shape index (κ3) is 5.57. The number of benzene rings is 1. The Balaban J connectivity index is 1.89. The first-order valence-corrected chi connectivity index (χ1v) is 12.8. The molecule has 172 valence electrons. The average Bonchev–Trinajstić information content (AvgIpc) is 3.32. The van der Waals surface area contributed by atoms with E-state index in [9.17, 15) is 18.0 Å². The summed E-state index contributed by atoms with van der Waals surface area (Å²) in [5, 5.41) is 5.51. The number of hydrogen-bond acceptors (Lipinski definition) is 5. The molecule has 0 saturated carbocycles. The third-order valence-electron chi connectivity index (χ3n) is 5.90. The Hall–Kier alpha value is -2.13. The van der Waals surface area contributed by atoms with E-state index in [1.54, 1.807) is 19.1 Å². The lowest BCUT2D eigenvalue weighted by atomic mass is 10.1. The fourth-order valence-electron chi connectivity index (χ4n) is 4.09. The van der Waals surface area contributed by atoms with Crippen LogP contribution in [0.15, 0.2) is 23.1 Å². The molecule has 8 nitrogen and oxygen atoms in total. The van der Waals surface area contributed by atoms with Crippen LogP contribution in [-0.2, 0) is 14.8 Å². The first kappa shape index (κ1) is 23.5. The Kier molecular flexibility index (Phi) is 7.94. The molecule has 1 atom stereocenters. The van der Waals surface area contributed by atoms with Crippen molar-refractivity contribution in [2.45, 2.75) is 63.3 Å². The van der Waals surface area contributed by atoms with E-state index in [0.29, 0.717) is 30.9 Å². The molecule has 2 saturated heterocycles. The van der Waals surface area contributed by atoms with E-state index in [2.05, 4.69) is 15.5 Å². The Morgan fingerprint density at radius 2 is 1.68 bits per heavy atom. The molecular weight excluding hydrogens is 416 g/mol. The van der Waals surface area contributed by atoms with Gasteiger partial charge in [-0.15, -0.1) is 0 Å². The van der Waals surface area contributed by atoms with Crippen molar-refractivity contribution in [1.29, 1.82) is 0 Å². The molecule has 1 unspecified atom stereocenters. The van der Waals surface area contributed by atoms with Crippen LogP contribution in [0.1, 0.15) is 62.7 Å². The van der Waals surface area contributed by atoms with Gasteiger partial charge >= 0.3 is 0 Å². The molecule has 1 aromatic rings. The van der Waals surface area contributed by atoms with Crippen molar-refractivity contribution in [3.63, 3.8) is 0 Å². The maximum atomic E-state index is 13.2. The normalized spacial score (nSPS) is 18.6. The van der Waals surface area contributed by atoms with Crippen molar-refractivity contribution in [1.82, 2.24) is 14.9 Å². The molecule has 2 heterocycles. The van der Waals surface area contributed by atoms with Crippen LogP contribution in [-0.4, -0.2) is 63.3 Å². The summed E-state index contributed by atoms with van der Waals surface area (Å²) >= 11 is 0. The van der Waals surface area contributed by atoms with Crippen LogP contribution in [0.4, 0.5) is 5.69 Å². The van der Waals surface area contributed by atoms with Crippen LogP contribution in [0.3, 0.4) is 0 Å². The van der Waals surface area contributed by atoms with E-state index < -0.39 is 22.0 Å². The van der Waals surface area contributed by atoms with Gasteiger partial charge in [-0.05, 0) is 57.2 Å². The lowest BCUT2D eigenvalue weighted by Gasteiger charge is -2.27. The zero-order valence-corrected chi connectivity index (χ0v) is 19.3. The molecule has 31 heavy (non-hydrogen) atoms. The molecule has 2 N–H and O–H groups in total. The van der Waals surface area contributed by atoms with Crippen molar-refractivity contribution in [3.8, 4) is 0 Å². The number of anilines is 1. The van der Waals surface area contributed by atoms with Crippen LogP contribution in [0.2, 0.25) is 0 Å². The second-order valence-electron chi connectivity index (χ2n) is 8.32. The molecule has 3 rings (SSSR count). The van der Waals surface area contributed by atoms with Crippen LogP contribution in [0, 0.1) is 0 Å². The van der Waals surface area contributed by atoms with E-state index in [1.807, 2.05) is 6.92 Å². The maximum absolute atomic E-state index is 13.2. The second kappa shape index (κ2) is 10.5. The van der Waals surface area contributed by atoms with Crippen molar-refractivity contribution < 1.29 is 18.0 Å². The molecule has 1 aromatic carbocycles. The summed E-state index contributed by atoms with van der Waals surface area (Å²) in [6.07, 6.45) is 5.61. The summed E-state index contributed by atoms with van der Waals surface area (Å²) < 4.78 is 27.8. The van der Waals surface area contributed by atoms with Gasteiger partial charge in [0.05, 0.1) is 10.5 Å². The molecule has 2 fully saturated rings. The van der Waals surface area contributed by atoms with Crippen molar-refractivity contribution in [2.24, 2.45) is 0 Å². The lowest BCUT2D eigenvalue weighted by molar-refractivity contribution is -0.122. The second-order valence-corrected chi connectivity index (χ2v) is 10.3. The minimum Gasteiger partial charge on any atom is -0.371 e. The number of carbonyl (C=O) groups is 2. The van der Waals surface area contributed by atoms with Crippen LogP contribution in [0.5, 0.6) is 0 Å². The van der Waals surface area contributed by atoms with Gasteiger partial charge in [-0.1, -0.05) is 13.3 Å². The maximum Gasteiger partial charge on any atom is 0.254 e. The van der Waals surface area contributed by atoms with E-state index in [0.717, 1.165) is 51.6 Å². The predicted molar refractivity (Wildman–Crippen MR) is 121 cm³/mol. The Labute approximate surface area is 185 Å². The first-order chi connectivity index (χ1) is 14.8. The summed E-state index contributed by atoms with van der Waals surface area (Å²) in [6.45, 7) is 6.79. The summed E-state index contributed by atoms with van der Waals surface area (Å²) in [5.41, 5.74) is 1.02. The van der Waals surface area contributed by atoms with Gasteiger partial charge in [0.25, 0.3) is 5.91 Å². The number of nitrogens with one attached hydrogen (secondary N) is 2. The largest absolute Gasteiger partial charge is 0.371 e. The molecule has 0 spiro atoms. The highest BCUT2D eigenvalue weighted by molar-refractivity contribution is 7.89. The van der Waals surface area contributed by atoms with Gasteiger partial charge in [-0.25, -0.2) is 8.42 Å². The number of sulfonamides is 1. The highest BCUT2D eigenvalue weighted by Gasteiger charge is 2.29. The van der Waals surface area contributed by atoms with E-state index >= 15 is 0 Å². The zero-order chi connectivity index (χ0) is 22.4.